The van der Waals surface area contributed by atoms with Gasteiger partial charge >= 0.3 is 0 Å². The van der Waals surface area contributed by atoms with E-state index in [4.69, 9.17) is 0 Å². The highest BCUT2D eigenvalue weighted by atomic mass is 16.2. The number of carbonyl (C=O) groups is 3. The Morgan fingerprint density at radius 1 is 1.23 bits per heavy atom. The minimum Gasteiger partial charge on any atom is -0.342 e. The Morgan fingerprint density at radius 2 is 1.95 bits per heavy atom. The molecule has 0 aromatic heterocycles. The first kappa shape index (κ1) is 14.8. The van der Waals surface area contributed by atoms with Crippen molar-refractivity contribution in [3.8, 4) is 0 Å². The third-order valence-electron chi connectivity index (χ3n) is 4.61. The zero-order chi connectivity index (χ0) is 15.7. The van der Waals surface area contributed by atoms with Gasteiger partial charge in [0.25, 0.3) is 0 Å². The minimum absolute atomic E-state index is 0.262. The van der Waals surface area contributed by atoms with Crippen LogP contribution in [0.5, 0.6) is 0 Å². The van der Waals surface area contributed by atoms with Gasteiger partial charge in [-0.1, -0.05) is 31.4 Å². The van der Waals surface area contributed by atoms with Crippen molar-refractivity contribution < 1.29 is 14.4 Å². The van der Waals surface area contributed by atoms with Gasteiger partial charge in [0, 0.05) is 5.69 Å². The Kier molecular flexibility index (Phi) is 3.72. The molecule has 1 unspecified atom stereocenters. The predicted octanol–water partition coefficient (Wildman–Crippen LogP) is 1.95. The summed E-state index contributed by atoms with van der Waals surface area (Å²) in [4.78, 5) is 37.2. The van der Waals surface area contributed by atoms with Gasteiger partial charge in [0.2, 0.25) is 11.8 Å². The Bertz CT molecular complexity index is 633. The second kappa shape index (κ2) is 5.55. The SMILES string of the molecule is Cc1cccc(NC(=O)C2C(=O)NC3(CCCCC3)C2=O)c1. The Labute approximate surface area is 129 Å². The van der Waals surface area contributed by atoms with Crippen molar-refractivity contribution in [2.75, 3.05) is 5.32 Å². The zero-order valence-electron chi connectivity index (χ0n) is 12.6. The van der Waals surface area contributed by atoms with Crippen LogP contribution in [-0.4, -0.2) is 23.1 Å². The monoisotopic (exact) mass is 300 g/mol. The summed E-state index contributed by atoms with van der Waals surface area (Å²) in [6, 6.07) is 7.30. The van der Waals surface area contributed by atoms with Gasteiger partial charge in [-0.3, -0.25) is 14.4 Å². The lowest BCUT2D eigenvalue weighted by atomic mass is 9.78. The smallest absolute Gasteiger partial charge is 0.244 e. The molecule has 0 radical (unpaired) electrons. The molecule has 1 aromatic carbocycles. The van der Waals surface area contributed by atoms with E-state index in [0.29, 0.717) is 18.5 Å². The summed E-state index contributed by atoms with van der Waals surface area (Å²) in [5, 5.41) is 5.48. The number of amides is 2. The van der Waals surface area contributed by atoms with Crippen LogP contribution < -0.4 is 10.6 Å². The highest BCUT2D eigenvalue weighted by Crippen LogP contribution is 2.35. The number of anilines is 1. The first-order valence-electron chi connectivity index (χ1n) is 7.76. The van der Waals surface area contributed by atoms with E-state index < -0.39 is 23.3 Å². The average Bonchev–Trinajstić information content (AvgIpc) is 2.70. The average molecular weight is 300 g/mol. The Balaban J connectivity index is 1.77. The van der Waals surface area contributed by atoms with Gasteiger partial charge in [-0.15, -0.1) is 0 Å². The molecule has 2 aliphatic rings. The number of Topliss-reactive ketones (excluding diaryl/α,β-unsaturated/α-hetero) is 1. The van der Waals surface area contributed by atoms with Crippen molar-refractivity contribution in [2.24, 2.45) is 5.92 Å². The first-order valence-corrected chi connectivity index (χ1v) is 7.76. The zero-order valence-corrected chi connectivity index (χ0v) is 12.6. The predicted molar refractivity (Wildman–Crippen MR) is 82.3 cm³/mol. The van der Waals surface area contributed by atoms with Crippen LogP contribution in [0, 0.1) is 12.8 Å². The van der Waals surface area contributed by atoms with Crippen LogP contribution in [0.2, 0.25) is 0 Å². The fourth-order valence-corrected chi connectivity index (χ4v) is 3.47. The lowest BCUT2D eigenvalue weighted by Crippen LogP contribution is -2.48. The van der Waals surface area contributed by atoms with E-state index in [-0.39, 0.29) is 5.78 Å². The van der Waals surface area contributed by atoms with Crippen molar-refractivity contribution in [1.29, 1.82) is 0 Å². The van der Waals surface area contributed by atoms with E-state index in [1.165, 1.54) is 0 Å². The number of aryl methyl sites for hydroxylation is 1. The van der Waals surface area contributed by atoms with Crippen molar-refractivity contribution >= 4 is 23.3 Å². The first-order chi connectivity index (χ1) is 10.5. The van der Waals surface area contributed by atoms with Gasteiger partial charge in [0.05, 0.1) is 5.54 Å². The number of hydrogen-bond acceptors (Lipinski definition) is 3. The van der Waals surface area contributed by atoms with Crippen LogP contribution in [-0.2, 0) is 14.4 Å². The second-order valence-electron chi connectivity index (χ2n) is 6.29. The second-order valence-corrected chi connectivity index (χ2v) is 6.29. The summed E-state index contributed by atoms with van der Waals surface area (Å²) < 4.78 is 0. The normalized spacial score (nSPS) is 23.4. The molecule has 1 saturated heterocycles. The molecular weight excluding hydrogens is 280 g/mol. The number of ketones is 1. The summed E-state index contributed by atoms with van der Waals surface area (Å²) in [6.07, 6.45) is 4.19. The molecule has 1 heterocycles. The summed E-state index contributed by atoms with van der Waals surface area (Å²) in [7, 11) is 0. The van der Waals surface area contributed by atoms with Gasteiger partial charge in [-0.2, -0.15) is 0 Å². The molecule has 22 heavy (non-hydrogen) atoms. The lowest BCUT2D eigenvalue weighted by Gasteiger charge is -2.31. The summed E-state index contributed by atoms with van der Waals surface area (Å²) in [6.45, 7) is 1.92. The number of rotatable bonds is 2. The highest BCUT2D eigenvalue weighted by molar-refractivity contribution is 6.27. The lowest BCUT2D eigenvalue weighted by molar-refractivity contribution is -0.135. The van der Waals surface area contributed by atoms with Crippen LogP contribution in [0.25, 0.3) is 0 Å². The maximum absolute atomic E-state index is 12.6. The molecule has 2 N–H and O–H groups in total. The van der Waals surface area contributed by atoms with Gasteiger partial charge in [-0.25, -0.2) is 0 Å². The molecule has 2 fully saturated rings. The van der Waals surface area contributed by atoms with Crippen molar-refractivity contribution in [1.82, 2.24) is 5.32 Å². The van der Waals surface area contributed by atoms with Crippen molar-refractivity contribution in [2.45, 2.75) is 44.6 Å². The quantitative estimate of drug-likeness (QED) is 0.820. The van der Waals surface area contributed by atoms with Crippen LogP contribution in [0.15, 0.2) is 24.3 Å². The van der Waals surface area contributed by atoms with Crippen LogP contribution in [0.1, 0.15) is 37.7 Å². The molecule has 1 aromatic rings. The number of benzene rings is 1. The molecule has 1 atom stereocenters. The molecule has 5 nitrogen and oxygen atoms in total. The van der Waals surface area contributed by atoms with E-state index in [1.54, 1.807) is 6.07 Å². The minimum atomic E-state index is -1.22. The molecule has 1 aliphatic carbocycles. The number of hydrogen-bond donors (Lipinski definition) is 2. The summed E-state index contributed by atoms with van der Waals surface area (Å²) in [5.41, 5.74) is 0.808. The van der Waals surface area contributed by atoms with E-state index in [1.807, 2.05) is 25.1 Å². The number of carbonyl (C=O) groups excluding carboxylic acids is 3. The maximum atomic E-state index is 12.6. The molecule has 1 spiro atoms. The molecule has 3 rings (SSSR count). The maximum Gasteiger partial charge on any atom is 0.244 e. The molecule has 2 amide bonds. The van der Waals surface area contributed by atoms with Gasteiger partial charge < -0.3 is 10.6 Å². The summed E-state index contributed by atoms with van der Waals surface area (Å²) >= 11 is 0. The number of nitrogens with one attached hydrogen (secondary N) is 2. The van der Waals surface area contributed by atoms with E-state index in [9.17, 15) is 14.4 Å². The topological polar surface area (TPSA) is 75.3 Å². The fraction of sp³-hybridized carbons (Fsp3) is 0.471. The van der Waals surface area contributed by atoms with Crippen molar-refractivity contribution in [3.63, 3.8) is 0 Å². The van der Waals surface area contributed by atoms with Crippen LogP contribution in [0.3, 0.4) is 0 Å². The molecule has 1 saturated carbocycles. The molecule has 0 bridgehead atoms. The molecule has 1 aliphatic heterocycles. The standard InChI is InChI=1S/C17H20N2O3/c1-11-6-5-7-12(10-11)18-15(21)13-14(20)17(19-16(13)22)8-3-2-4-9-17/h5-7,10,13H,2-4,8-9H2,1H3,(H,18,21)(H,19,22). The third kappa shape index (κ3) is 2.51. The van der Waals surface area contributed by atoms with E-state index >= 15 is 0 Å². The van der Waals surface area contributed by atoms with Gasteiger partial charge in [-0.05, 0) is 37.5 Å². The molecule has 116 valence electrons. The highest BCUT2D eigenvalue weighted by Gasteiger charge is 2.55. The Morgan fingerprint density at radius 3 is 2.64 bits per heavy atom. The largest absolute Gasteiger partial charge is 0.342 e. The van der Waals surface area contributed by atoms with Gasteiger partial charge in [0.15, 0.2) is 11.7 Å². The fourth-order valence-electron chi connectivity index (χ4n) is 3.47. The third-order valence-corrected chi connectivity index (χ3v) is 4.61. The molecular formula is C17H20N2O3. The summed E-state index contributed by atoms with van der Waals surface area (Å²) in [5.74, 6) is -2.48. The van der Waals surface area contributed by atoms with Crippen LogP contribution >= 0.6 is 0 Å². The van der Waals surface area contributed by atoms with Crippen LogP contribution in [0.4, 0.5) is 5.69 Å². The van der Waals surface area contributed by atoms with Crippen molar-refractivity contribution in [3.05, 3.63) is 29.8 Å². The van der Waals surface area contributed by atoms with E-state index in [2.05, 4.69) is 10.6 Å². The molecule has 5 heteroatoms. The van der Waals surface area contributed by atoms with Gasteiger partial charge in [0.1, 0.15) is 0 Å². The van der Waals surface area contributed by atoms with E-state index in [0.717, 1.165) is 24.8 Å². The Hall–Kier alpha value is -2.17.